The van der Waals surface area contributed by atoms with E-state index in [2.05, 4.69) is 5.32 Å². The quantitative estimate of drug-likeness (QED) is 0.893. The monoisotopic (exact) mass is 275 g/mol. The van der Waals surface area contributed by atoms with Gasteiger partial charge in [-0.15, -0.1) is 0 Å². The van der Waals surface area contributed by atoms with Gasteiger partial charge in [0.25, 0.3) is 0 Å². The standard InChI is InChI=1S/C15H14ClNO2/c1-2-15(18)17-11-7-9-12(10-8-11)19-14-6-4-3-5-13(14)16/h3-10H,2H2,1H3,(H,17,18). The van der Waals surface area contributed by atoms with Crippen LogP contribution in [0.25, 0.3) is 0 Å². The van der Waals surface area contributed by atoms with E-state index in [1.807, 2.05) is 19.1 Å². The lowest BCUT2D eigenvalue weighted by Crippen LogP contribution is -2.08. The minimum atomic E-state index is -0.0141. The van der Waals surface area contributed by atoms with Crippen LogP contribution < -0.4 is 10.1 Å². The van der Waals surface area contributed by atoms with Gasteiger partial charge in [-0.2, -0.15) is 0 Å². The molecule has 4 heteroatoms. The summed E-state index contributed by atoms with van der Waals surface area (Å²) < 4.78 is 5.65. The first-order valence-electron chi connectivity index (χ1n) is 6.01. The Bertz CT molecular complexity index is 567. The highest BCUT2D eigenvalue weighted by Crippen LogP contribution is 2.29. The fraction of sp³-hybridized carbons (Fsp3) is 0.133. The van der Waals surface area contributed by atoms with Crippen molar-refractivity contribution >= 4 is 23.2 Å². The number of para-hydroxylation sites is 1. The number of nitrogens with one attached hydrogen (secondary N) is 1. The Morgan fingerprint density at radius 1 is 1.16 bits per heavy atom. The van der Waals surface area contributed by atoms with Crippen LogP contribution in [0.3, 0.4) is 0 Å². The zero-order chi connectivity index (χ0) is 13.7. The third kappa shape index (κ3) is 3.73. The Morgan fingerprint density at radius 2 is 1.84 bits per heavy atom. The third-order valence-corrected chi connectivity index (χ3v) is 2.84. The molecule has 1 N–H and O–H groups in total. The maximum atomic E-state index is 11.2. The van der Waals surface area contributed by atoms with Crippen LogP contribution in [-0.2, 0) is 4.79 Å². The van der Waals surface area contributed by atoms with E-state index in [-0.39, 0.29) is 5.91 Å². The van der Waals surface area contributed by atoms with Crippen molar-refractivity contribution in [2.75, 3.05) is 5.32 Å². The van der Waals surface area contributed by atoms with Crippen LogP contribution in [-0.4, -0.2) is 5.91 Å². The topological polar surface area (TPSA) is 38.3 Å². The normalized spacial score (nSPS) is 10.0. The molecule has 98 valence electrons. The maximum absolute atomic E-state index is 11.2. The van der Waals surface area contributed by atoms with Gasteiger partial charge in [0.15, 0.2) is 0 Å². The molecule has 0 bridgehead atoms. The van der Waals surface area contributed by atoms with Crippen LogP contribution in [0.15, 0.2) is 48.5 Å². The van der Waals surface area contributed by atoms with Gasteiger partial charge in [0.1, 0.15) is 11.5 Å². The fourth-order valence-corrected chi connectivity index (χ4v) is 1.68. The van der Waals surface area contributed by atoms with E-state index in [1.54, 1.807) is 36.4 Å². The molecule has 0 unspecified atom stereocenters. The fourth-order valence-electron chi connectivity index (χ4n) is 1.51. The minimum Gasteiger partial charge on any atom is -0.456 e. The Kier molecular flexibility index (Phi) is 4.42. The zero-order valence-corrected chi connectivity index (χ0v) is 11.3. The number of carbonyl (C=O) groups is 1. The van der Waals surface area contributed by atoms with E-state index in [9.17, 15) is 4.79 Å². The van der Waals surface area contributed by atoms with Gasteiger partial charge < -0.3 is 10.1 Å². The van der Waals surface area contributed by atoms with Crippen molar-refractivity contribution in [3.05, 3.63) is 53.6 Å². The molecular weight excluding hydrogens is 262 g/mol. The summed E-state index contributed by atoms with van der Waals surface area (Å²) in [6.07, 6.45) is 0.456. The van der Waals surface area contributed by atoms with Crippen molar-refractivity contribution in [2.24, 2.45) is 0 Å². The lowest BCUT2D eigenvalue weighted by Gasteiger charge is -2.08. The first kappa shape index (κ1) is 13.4. The van der Waals surface area contributed by atoms with Gasteiger partial charge >= 0.3 is 0 Å². The molecule has 3 nitrogen and oxygen atoms in total. The molecule has 19 heavy (non-hydrogen) atoms. The van der Waals surface area contributed by atoms with Gasteiger partial charge in [-0.3, -0.25) is 4.79 Å². The lowest BCUT2D eigenvalue weighted by molar-refractivity contribution is -0.115. The van der Waals surface area contributed by atoms with Crippen LogP contribution in [0.4, 0.5) is 5.69 Å². The van der Waals surface area contributed by atoms with Crippen molar-refractivity contribution in [3.63, 3.8) is 0 Å². The van der Waals surface area contributed by atoms with E-state index in [4.69, 9.17) is 16.3 Å². The largest absolute Gasteiger partial charge is 0.456 e. The third-order valence-electron chi connectivity index (χ3n) is 2.52. The van der Waals surface area contributed by atoms with Crippen LogP contribution in [0, 0.1) is 0 Å². The number of hydrogen-bond acceptors (Lipinski definition) is 2. The second-order valence-electron chi connectivity index (χ2n) is 3.96. The number of rotatable bonds is 4. The summed E-state index contributed by atoms with van der Waals surface area (Å²) in [5.74, 6) is 1.26. The highest BCUT2D eigenvalue weighted by Gasteiger charge is 2.03. The zero-order valence-electron chi connectivity index (χ0n) is 10.5. The number of amides is 1. The minimum absolute atomic E-state index is 0.0141. The number of halogens is 1. The van der Waals surface area contributed by atoms with Crippen LogP contribution in [0.2, 0.25) is 5.02 Å². The van der Waals surface area contributed by atoms with Gasteiger partial charge in [0, 0.05) is 12.1 Å². The second-order valence-corrected chi connectivity index (χ2v) is 4.37. The number of hydrogen-bond donors (Lipinski definition) is 1. The molecule has 0 spiro atoms. The summed E-state index contributed by atoms with van der Waals surface area (Å²) in [5.41, 5.74) is 0.748. The Labute approximate surface area is 117 Å². The summed E-state index contributed by atoms with van der Waals surface area (Å²) in [5, 5.41) is 3.33. The molecule has 2 aromatic carbocycles. The summed E-state index contributed by atoms with van der Waals surface area (Å²) in [6.45, 7) is 1.81. The number of carbonyl (C=O) groups excluding carboxylic acids is 1. The van der Waals surface area contributed by atoms with Crippen molar-refractivity contribution in [1.29, 1.82) is 0 Å². The highest BCUT2D eigenvalue weighted by molar-refractivity contribution is 6.32. The molecule has 0 aromatic heterocycles. The van der Waals surface area contributed by atoms with Crippen molar-refractivity contribution < 1.29 is 9.53 Å². The summed E-state index contributed by atoms with van der Waals surface area (Å²) in [7, 11) is 0. The van der Waals surface area contributed by atoms with E-state index >= 15 is 0 Å². The van der Waals surface area contributed by atoms with E-state index in [0.29, 0.717) is 22.9 Å². The van der Waals surface area contributed by atoms with Crippen LogP contribution in [0.5, 0.6) is 11.5 Å². The molecule has 2 aromatic rings. The Hall–Kier alpha value is -2.00. The van der Waals surface area contributed by atoms with Crippen molar-refractivity contribution in [3.8, 4) is 11.5 Å². The number of anilines is 1. The van der Waals surface area contributed by atoms with Gasteiger partial charge in [0.2, 0.25) is 5.91 Å². The molecule has 0 saturated carbocycles. The molecule has 0 heterocycles. The van der Waals surface area contributed by atoms with Crippen LogP contribution in [0.1, 0.15) is 13.3 Å². The molecule has 0 radical (unpaired) electrons. The van der Waals surface area contributed by atoms with Gasteiger partial charge in [0.05, 0.1) is 5.02 Å². The lowest BCUT2D eigenvalue weighted by atomic mass is 10.3. The summed E-state index contributed by atoms with van der Waals surface area (Å²) in [4.78, 5) is 11.2. The number of ether oxygens (including phenoxy) is 1. The maximum Gasteiger partial charge on any atom is 0.224 e. The predicted molar refractivity (Wildman–Crippen MR) is 76.9 cm³/mol. The molecule has 2 rings (SSSR count). The van der Waals surface area contributed by atoms with Gasteiger partial charge in [-0.05, 0) is 36.4 Å². The molecule has 0 aliphatic rings. The highest BCUT2D eigenvalue weighted by atomic mass is 35.5. The summed E-state index contributed by atoms with van der Waals surface area (Å²) >= 11 is 6.01. The van der Waals surface area contributed by atoms with Crippen LogP contribution >= 0.6 is 11.6 Å². The first-order chi connectivity index (χ1) is 9.19. The summed E-state index contributed by atoms with van der Waals surface area (Å²) in [6, 6.07) is 14.4. The average molecular weight is 276 g/mol. The van der Waals surface area contributed by atoms with Crippen molar-refractivity contribution in [1.82, 2.24) is 0 Å². The smallest absolute Gasteiger partial charge is 0.224 e. The van der Waals surface area contributed by atoms with Crippen molar-refractivity contribution in [2.45, 2.75) is 13.3 Å². The molecule has 0 atom stereocenters. The molecule has 1 amide bonds. The first-order valence-corrected chi connectivity index (χ1v) is 6.39. The second kappa shape index (κ2) is 6.25. The van der Waals surface area contributed by atoms with E-state index in [1.165, 1.54) is 0 Å². The average Bonchev–Trinajstić information content (AvgIpc) is 2.43. The van der Waals surface area contributed by atoms with E-state index < -0.39 is 0 Å². The van der Waals surface area contributed by atoms with Gasteiger partial charge in [-0.1, -0.05) is 30.7 Å². The molecule has 0 aliphatic heterocycles. The predicted octanol–water partition coefficient (Wildman–Crippen LogP) is 4.48. The molecule has 0 aliphatic carbocycles. The van der Waals surface area contributed by atoms with Gasteiger partial charge in [-0.25, -0.2) is 0 Å². The van der Waals surface area contributed by atoms with E-state index in [0.717, 1.165) is 5.69 Å². The Morgan fingerprint density at radius 3 is 2.47 bits per heavy atom. The molecular formula is C15H14ClNO2. The number of benzene rings is 2. The molecule has 0 saturated heterocycles. The Balaban J connectivity index is 2.07. The SMILES string of the molecule is CCC(=O)Nc1ccc(Oc2ccccc2Cl)cc1. The molecule has 0 fully saturated rings.